The van der Waals surface area contributed by atoms with Gasteiger partial charge < -0.3 is 4.42 Å². The number of benzene rings is 3. The van der Waals surface area contributed by atoms with Crippen LogP contribution in [0, 0.1) is 0 Å². The Morgan fingerprint density at radius 2 is 1.31 bits per heavy atom. The molecule has 1 aliphatic rings. The van der Waals surface area contributed by atoms with Crippen molar-refractivity contribution in [2.45, 2.75) is 0 Å². The van der Waals surface area contributed by atoms with Crippen molar-refractivity contribution < 1.29 is 14.0 Å². The summed E-state index contributed by atoms with van der Waals surface area (Å²) in [6.45, 7) is 0. The number of anilines is 2. The van der Waals surface area contributed by atoms with Gasteiger partial charge in [-0.1, -0.05) is 59.6 Å². The summed E-state index contributed by atoms with van der Waals surface area (Å²) in [6, 6.07) is 26.3. The van der Waals surface area contributed by atoms with Crippen molar-refractivity contribution in [1.29, 1.82) is 0 Å². The lowest BCUT2D eigenvalue weighted by molar-refractivity contribution is -0.120. The molecule has 1 fully saturated rings. The Hall–Kier alpha value is -3.71. The summed E-state index contributed by atoms with van der Waals surface area (Å²) in [5.41, 5.74) is 1.65. The molecular formula is C27H16Cl2N2O3S. The van der Waals surface area contributed by atoms with Crippen molar-refractivity contribution in [2.24, 2.45) is 0 Å². The summed E-state index contributed by atoms with van der Waals surface area (Å²) in [5.74, 6) is -0.289. The highest BCUT2D eigenvalue weighted by Gasteiger charge is 2.41. The maximum absolute atomic E-state index is 13.5. The van der Waals surface area contributed by atoms with Gasteiger partial charge in [-0.05, 0) is 72.9 Å². The van der Waals surface area contributed by atoms with Crippen LogP contribution in [0.5, 0.6) is 0 Å². The minimum atomic E-state index is -0.541. The quantitative estimate of drug-likeness (QED) is 0.166. The fourth-order valence-corrected chi connectivity index (χ4v) is 4.62. The molecule has 0 bridgehead atoms. The van der Waals surface area contributed by atoms with Crippen molar-refractivity contribution >= 4 is 69.8 Å². The lowest BCUT2D eigenvalue weighted by Crippen LogP contribution is -2.56. The van der Waals surface area contributed by atoms with Gasteiger partial charge >= 0.3 is 0 Å². The number of halogens is 2. The molecule has 5 nitrogen and oxygen atoms in total. The number of para-hydroxylation sites is 2. The van der Waals surface area contributed by atoms with E-state index in [2.05, 4.69) is 0 Å². The molecule has 0 N–H and O–H groups in total. The molecule has 8 heteroatoms. The Bertz CT molecular complexity index is 1420. The Labute approximate surface area is 216 Å². The molecule has 0 saturated carbocycles. The third-order valence-electron chi connectivity index (χ3n) is 5.39. The molecule has 2 heterocycles. The van der Waals surface area contributed by atoms with E-state index in [0.717, 1.165) is 0 Å². The normalized spacial score (nSPS) is 14.0. The number of thiocarbonyl (C=S) groups is 1. The van der Waals surface area contributed by atoms with Crippen LogP contribution in [-0.4, -0.2) is 16.9 Å². The van der Waals surface area contributed by atoms with Gasteiger partial charge in [0.1, 0.15) is 17.1 Å². The van der Waals surface area contributed by atoms with Gasteiger partial charge in [0.2, 0.25) is 0 Å². The third-order valence-corrected chi connectivity index (χ3v) is 6.30. The highest BCUT2D eigenvalue weighted by molar-refractivity contribution is 7.81. The third kappa shape index (κ3) is 4.39. The van der Waals surface area contributed by atoms with E-state index >= 15 is 0 Å². The number of carbonyl (C=O) groups excluding carboxylic acids is 2. The van der Waals surface area contributed by atoms with Gasteiger partial charge in [-0.25, -0.2) is 0 Å². The molecule has 1 saturated heterocycles. The topological polar surface area (TPSA) is 53.8 Å². The Kier molecular flexibility index (Phi) is 6.26. The van der Waals surface area contributed by atoms with Crippen LogP contribution in [-0.2, 0) is 9.59 Å². The number of hydrogen-bond acceptors (Lipinski definition) is 4. The lowest BCUT2D eigenvalue weighted by Gasteiger charge is -2.36. The largest absolute Gasteiger partial charge is 0.457 e. The number of amides is 2. The van der Waals surface area contributed by atoms with Gasteiger partial charge in [0, 0.05) is 10.6 Å². The zero-order valence-electron chi connectivity index (χ0n) is 18.0. The molecule has 0 radical (unpaired) electrons. The molecule has 2 amide bonds. The van der Waals surface area contributed by atoms with E-state index in [4.69, 9.17) is 39.8 Å². The van der Waals surface area contributed by atoms with Crippen molar-refractivity contribution in [3.63, 3.8) is 0 Å². The average Bonchev–Trinajstić information content (AvgIpc) is 3.31. The molecule has 1 aromatic heterocycles. The number of furan rings is 1. The summed E-state index contributed by atoms with van der Waals surface area (Å²) >= 11 is 17.9. The van der Waals surface area contributed by atoms with E-state index < -0.39 is 11.8 Å². The minimum absolute atomic E-state index is 0.0719. The molecule has 1 aliphatic heterocycles. The van der Waals surface area contributed by atoms with Crippen molar-refractivity contribution in [3.05, 3.63) is 112 Å². The highest BCUT2D eigenvalue weighted by Crippen LogP contribution is 2.33. The first-order valence-electron chi connectivity index (χ1n) is 10.5. The molecule has 0 unspecified atom stereocenters. The molecule has 5 rings (SSSR count). The van der Waals surface area contributed by atoms with E-state index in [9.17, 15) is 9.59 Å². The van der Waals surface area contributed by atoms with Crippen molar-refractivity contribution in [3.8, 4) is 11.3 Å². The molecule has 4 aromatic rings. The zero-order valence-corrected chi connectivity index (χ0v) is 20.3. The predicted molar refractivity (Wildman–Crippen MR) is 143 cm³/mol. The van der Waals surface area contributed by atoms with Crippen LogP contribution in [0.3, 0.4) is 0 Å². The van der Waals surface area contributed by atoms with Gasteiger partial charge in [0.25, 0.3) is 11.8 Å². The average molecular weight is 519 g/mol. The number of rotatable bonds is 4. The summed E-state index contributed by atoms with van der Waals surface area (Å²) in [7, 11) is 0. The molecule has 0 spiro atoms. The number of carbonyl (C=O) groups is 2. The van der Waals surface area contributed by atoms with Gasteiger partial charge in [0.05, 0.1) is 16.4 Å². The highest BCUT2D eigenvalue weighted by atomic mass is 35.5. The van der Waals surface area contributed by atoms with Gasteiger partial charge in [-0.2, -0.15) is 0 Å². The van der Waals surface area contributed by atoms with E-state index in [0.29, 0.717) is 38.5 Å². The Morgan fingerprint density at radius 3 is 1.86 bits per heavy atom. The van der Waals surface area contributed by atoms with Crippen LogP contribution >= 0.6 is 35.4 Å². The van der Waals surface area contributed by atoms with Crippen LogP contribution in [0.25, 0.3) is 17.4 Å². The summed E-state index contributed by atoms with van der Waals surface area (Å²) in [5, 5.41) is 0.998. The molecule has 3 aromatic carbocycles. The first-order valence-corrected chi connectivity index (χ1v) is 11.7. The summed E-state index contributed by atoms with van der Waals surface area (Å²) < 4.78 is 5.92. The fraction of sp³-hybridized carbons (Fsp3) is 0. The van der Waals surface area contributed by atoms with Crippen LogP contribution in [0.1, 0.15) is 5.76 Å². The maximum atomic E-state index is 13.5. The first kappa shape index (κ1) is 23.1. The van der Waals surface area contributed by atoms with Crippen LogP contribution in [0.2, 0.25) is 10.0 Å². The molecule has 0 aliphatic carbocycles. The number of hydrogen-bond donors (Lipinski definition) is 0. The Balaban J connectivity index is 1.59. The van der Waals surface area contributed by atoms with E-state index in [1.165, 1.54) is 15.9 Å². The van der Waals surface area contributed by atoms with Gasteiger partial charge in [-0.15, -0.1) is 0 Å². The van der Waals surface area contributed by atoms with E-state index in [-0.39, 0.29) is 10.7 Å². The molecule has 0 atom stereocenters. The predicted octanol–water partition coefficient (Wildman–Crippen LogP) is 7.00. The second-order valence-electron chi connectivity index (χ2n) is 7.62. The summed E-state index contributed by atoms with van der Waals surface area (Å²) in [4.78, 5) is 29.8. The molecule has 172 valence electrons. The summed E-state index contributed by atoms with van der Waals surface area (Å²) in [6.07, 6.45) is 1.42. The molecule has 35 heavy (non-hydrogen) atoms. The van der Waals surface area contributed by atoms with Crippen molar-refractivity contribution in [1.82, 2.24) is 0 Å². The number of nitrogens with zero attached hydrogens (tertiary/aromatic N) is 2. The van der Waals surface area contributed by atoms with Crippen LogP contribution < -0.4 is 9.80 Å². The van der Waals surface area contributed by atoms with E-state index in [1.54, 1.807) is 78.9 Å². The van der Waals surface area contributed by atoms with E-state index in [1.807, 2.05) is 12.1 Å². The van der Waals surface area contributed by atoms with Crippen LogP contribution in [0.4, 0.5) is 11.4 Å². The lowest BCUT2D eigenvalue weighted by atomic mass is 10.1. The second kappa shape index (κ2) is 9.50. The first-order chi connectivity index (χ1) is 16.9. The smallest absolute Gasteiger partial charge is 0.270 e. The van der Waals surface area contributed by atoms with Crippen LogP contribution in [0.15, 0.2) is 101 Å². The molecular weight excluding hydrogens is 503 g/mol. The Morgan fingerprint density at radius 1 is 0.743 bits per heavy atom. The van der Waals surface area contributed by atoms with Gasteiger partial charge in [-0.3, -0.25) is 19.4 Å². The monoisotopic (exact) mass is 518 g/mol. The zero-order chi connectivity index (χ0) is 24.5. The maximum Gasteiger partial charge on any atom is 0.270 e. The van der Waals surface area contributed by atoms with Crippen molar-refractivity contribution in [2.75, 3.05) is 9.80 Å². The van der Waals surface area contributed by atoms with Gasteiger partial charge in [0.15, 0.2) is 5.11 Å². The second-order valence-corrected chi connectivity index (χ2v) is 8.83. The SMILES string of the molecule is O=C1C(=Cc2ccc(-c3ccc(Cl)cc3Cl)o2)C(=O)N(c2ccccc2)C(=S)N1c1ccccc1. The fourth-order valence-electron chi connectivity index (χ4n) is 3.75. The standard InChI is InChI=1S/C27H16Cl2N2O3S/c28-17-11-13-21(23(29)15-17)24-14-12-20(34-24)16-22-25(32)30(18-7-3-1-4-8-18)27(35)31(26(22)33)19-9-5-2-6-10-19/h1-16H. The minimum Gasteiger partial charge on any atom is -0.457 e.